The number of rotatable bonds is 3. The van der Waals surface area contributed by atoms with Crippen LogP contribution in [0.5, 0.6) is 0 Å². The van der Waals surface area contributed by atoms with Crippen LogP contribution in [0.25, 0.3) is 0 Å². The lowest BCUT2D eigenvalue weighted by molar-refractivity contribution is -0.0117. The number of hydrogen-bond donors (Lipinski definition) is 1. The Hall–Kier alpha value is -0.650. The molecule has 1 saturated heterocycles. The Morgan fingerprint density at radius 3 is 3.18 bits per heavy atom. The van der Waals surface area contributed by atoms with Crippen molar-refractivity contribution in [2.45, 2.75) is 13.0 Å². The fraction of sp³-hybridized carbons (Fsp3) is 0.583. The van der Waals surface area contributed by atoms with E-state index >= 15 is 0 Å². The number of aromatic nitrogens is 1. The van der Waals surface area contributed by atoms with Gasteiger partial charge in [0, 0.05) is 30.3 Å². The lowest BCUT2D eigenvalue weighted by Gasteiger charge is -2.30. The lowest BCUT2D eigenvalue weighted by Crippen LogP contribution is -2.43. The van der Waals surface area contributed by atoms with E-state index in [0.717, 1.165) is 42.1 Å². The zero-order valence-electron chi connectivity index (χ0n) is 10.2. The van der Waals surface area contributed by atoms with Crippen molar-refractivity contribution < 1.29 is 4.74 Å². The van der Waals surface area contributed by atoms with Crippen LogP contribution in [0.15, 0.2) is 16.7 Å². The largest absolute Gasteiger partial charge is 0.374 e. The zero-order chi connectivity index (χ0) is 12.3. The van der Waals surface area contributed by atoms with Gasteiger partial charge in [-0.3, -0.25) is 0 Å². The van der Waals surface area contributed by atoms with E-state index in [1.807, 2.05) is 13.1 Å². The highest BCUT2D eigenvalue weighted by Crippen LogP contribution is 2.17. The molecule has 1 N–H and O–H groups in total. The van der Waals surface area contributed by atoms with E-state index in [4.69, 9.17) is 4.74 Å². The number of nitrogens with one attached hydrogen (secondary N) is 1. The molecule has 2 rings (SSSR count). The molecule has 2 heterocycles. The van der Waals surface area contributed by atoms with Gasteiger partial charge in [0.15, 0.2) is 0 Å². The third kappa shape index (κ3) is 3.66. The highest BCUT2D eigenvalue weighted by molar-refractivity contribution is 9.10. The second kappa shape index (κ2) is 5.80. The number of pyridine rings is 1. The van der Waals surface area contributed by atoms with E-state index in [0.29, 0.717) is 0 Å². The maximum absolute atomic E-state index is 5.69. The fourth-order valence-corrected chi connectivity index (χ4v) is 2.37. The molecule has 17 heavy (non-hydrogen) atoms. The van der Waals surface area contributed by atoms with Gasteiger partial charge in [-0.2, -0.15) is 0 Å². The van der Waals surface area contributed by atoms with Gasteiger partial charge in [-0.05, 0) is 41.5 Å². The molecule has 1 aromatic heterocycles. The van der Waals surface area contributed by atoms with E-state index < -0.39 is 0 Å². The maximum atomic E-state index is 5.69. The Bertz CT molecular complexity index is 386. The second-order valence-corrected chi connectivity index (χ2v) is 5.37. The van der Waals surface area contributed by atoms with Gasteiger partial charge in [-0.1, -0.05) is 0 Å². The Labute approximate surface area is 110 Å². The third-order valence-electron chi connectivity index (χ3n) is 2.88. The molecule has 5 heteroatoms. The van der Waals surface area contributed by atoms with Gasteiger partial charge in [0.05, 0.1) is 12.7 Å². The van der Waals surface area contributed by atoms with Crippen LogP contribution >= 0.6 is 15.9 Å². The lowest BCUT2D eigenvalue weighted by atomic mass is 10.2. The molecule has 0 aliphatic carbocycles. The highest BCUT2D eigenvalue weighted by Gasteiger charge is 2.17. The Morgan fingerprint density at radius 1 is 1.65 bits per heavy atom. The van der Waals surface area contributed by atoms with Gasteiger partial charge in [-0.15, -0.1) is 0 Å². The van der Waals surface area contributed by atoms with Crippen molar-refractivity contribution in [3.05, 3.63) is 22.3 Å². The van der Waals surface area contributed by atoms with Crippen molar-refractivity contribution in [1.29, 1.82) is 0 Å². The Morgan fingerprint density at radius 2 is 2.47 bits per heavy atom. The third-order valence-corrected chi connectivity index (χ3v) is 3.32. The standard InChI is InChI=1S/C12H18BrN3O/c1-9-5-10(13)6-14-12(9)15-7-11-8-16(2)3-4-17-11/h5-6,11H,3-4,7-8H2,1-2H3,(H,14,15)/t11-/m0/s1. The molecule has 1 aromatic rings. The van der Waals surface area contributed by atoms with Crippen LogP contribution in [0.4, 0.5) is 5.82 Å². The summed E-state index contributed by atoms with van der Waals surface area (Å²) >= 11 is 3.41. The predicted molar refractivity (Wildman–Crippen MR) is 72.4 cm³/mol. The molecule has 0 unspecified atom stereocenters. The summed E-state index contributed by atoms with van der Waals surface area (Å²) in [7, 11) is 2.12. The SMILES string of the molecule is Cc1cc(Br)cnc1NC[C@H]1CN(C)CCO1. The molecule has 0 saturated carbocycles. The number of ether oxygens (including phenoxy) is 1. The van der Waals surface area contributed by atoms with Crippen LogP contribution in [-0.2, 0) is 4.74 Å². The van der Waals surface area contributed by atoms with Crippen molar-refractivity contribution in [2.75, 3.05) is 38.6 Å². The average Bonchev–Trinajstić information content (AvgIpc) is 2.28. The first-order valence-corrected chi connectivity index (χ1v) is 6.60. The van der Waals surface area contributed by atoms with Gasteiger partial charge in [0.25, 0.3) is 0 Å². The molecule has 0 bridgehead atoms. The number of anilines is 1. The summed E-state index contributed by atoms with van der Waals surface area (Å²) in [6.45, 7) is 5.66. The van der Waals surface area contributed by atoms with E-state index in [1.54, 1.807) is 0 Å². The normalized spacial score (nSPS) is 21.5. The summed E-state index contributed by atoms with van der Waals surface area (Å²) in [4.78, 5) is 6.64. The summed E-state index contributed by atoms with van der Waals surface area (Å²) in [6, 6.07) is 2.06. The second-order valence-electron chi connectivity index (χ2n) is 4.45. The van der Waals surface area contributed by atoms with Crippen LogP contribution in [0.3, 0.4) is 0 Å². The van der Waals surface area contributed by atoms with Gasteiger partial charge >= 0.3 is 0 Å². The van der Waals surface area contributed by atoms with Crippen LogP contribution in [0, 0.1) is 6.92 Å². The number of aryl methyl sites for hydroxylation is 1. The summed E-state index contributed by atoms with van der Waals surface area (Å²) in [6.07, 6.45) is 2.06. The molecular formula is C12H18BrN3O. The van der Waals surface area contributed by atoms with Crippen LogP contribution in [-0.4, -0.2) is 49.3 Å². The minimum atomic E-state index is 0.249. The molecular weight excluding hydrogens is 282 g/mol. The van der Waals surface area contributed by atoms with Gasteiger partial charge in [-0.25, -0.2) is 4.98 Å². The summed E-state index contributed by atoms with van der Waals surface area (Å²) in [5.74, 6) is 0.935. The first-order valence-electron chi connectivity index (χ1n) is 5.81. The molecule has 0 spiro atoms. The zero-order valence-corrected chi connectivity index (χ0v) is 11.8. The molecule has 1 atom stereocenters. The molecule has 0 radical (unpaired) electrons. The number of nitrogens with zero attached hydrogens (tertiary/aromatic N) is 2. The maximum Gasteiger partial charge on any atom is 0.129 e. The van der Waals surface area contributed by atoms with E-state index in [2.05, 4.69) is 44.2 Å². The van der Waals surface area contributed by atoms with E-state index in [9.17, 15) is 0 Å². The molecule has 94 valence electrons. The molecule has 1 aliphatic rings. The summed E-state index contributed by atoms with van der Waals surface area (Å²) in [5.41, 5.74) is 1.14. The first kappa shape index (κ1) is 12.8. The molecule has 1 aliphatic heterocycles. The smallest absolute Gasteiger partial charge is 0.129 e. The molecule has 0 aromatic carbocycles. The minimum absolute atomic E-state index is 0.249. The van der Waals surface area contributed by atoms with Gasteiger partial charge in [0.1, 0.15) is 5.82 Å². The van der Waals surface area contributed by atoms with Gasteiger partial charge < -0.3 is 15.0 Å². The summed E-state index contributed by atoms with van der Waals surface area (Å²) < 4.78 is 6.70. The number of hydrogen-bond acceptors (Lipinski definition) is 4. The average molecular weight is 300 g/mol. The quantitative estimate of drug-likeness (QED) is 0.925. The topological polar surface area (TPSA) is 37.4 Å². The van der Waals surface area contributed by atoms with Crippen LogP contribution in [0.2, 0.25) is 0 Å². The number of likely N-dealkylation sites (N-methyl/N-ethyl adjacent to an activating group) is 1. The van der Waals surface area contributed by atoms with Crippen molar-refractivity contribution in [3.63, 3.8) is 0 Å². The van der Waals surface area contributed by atoms with Crippen molar-refractivity contribution in [3.8, 4) is 0 Å². The van der Waals surface area contributed by atoms with Crippen molar-refractivity contribution in [2.24, 2.45) is 0 Å². The van der Waals surface area contributed by atoms with E-state index in [1.165, 1.54) is 0 Å². The van der Waals surface area contributed by atoms with Crippen molar-refractivity contribution >= 4 is 21.7 Å². The predicted octanol–water partition coefficient (Wildman–Crippen LogP) is 1.90. The molecule has 4 nitrogen and oxygen atoms in total. The monoisotopic (exact) mass is 299 g/mol. The highest BCUT2D eigenvalue weighted by atomic mass is 79.9. The minimum Gasteiger partial charge on any atom is -0.374 e. The first-order chi connectivity index (χ1) is 8.15. The van der Waals surface area contributed by atoms with Gasteiger partial charge in [0.2, 0.25) is 0 Å². The van der Waals surface area contributed by atoms with Crippen molar-refractivity contribution in [1.82, 2.24) is 9.88 Å². The number of morpholine rings is 1. The molecule has 1 fully saturated rings. The Balaban J connectivity index is 1.88. The number of halogens is 1. The summed E-state index contributed by atoms with van der Waals surface area (Å²) in [5, 5.41) is 3.35. The molecule has 0 amide bonds. The van der Waals surface area contributed by atoms with Crippen LogP contribution < -0.4 is 5.32 Å². The Kier molecular flexibility index (Phi) is 4.36. The van der Waals surface area contributed by atoms with Crippen LogP contribution in [0.1, 0.15) is 5.56 Å². The fourth-order valence-electron chi connectivity index (χ4n) is 1.93. The van der Waals surface area contributed by atoms with E-state index in [-0.39, 0.29) is 6.10 Å².